The molecule has 1 aromatic carbocycles. The fraction of sp³-hybridized carbons (Fsp3) is 0.250. The van der Waals surface area contributed by atoms with Crippen LogP contribution in [0.2, 0.25) is 0 Å². The van der Waals surface area contributed by atoms with Gasteiger partial charge in [0.25, 0.3) is 0 Å². The number of hydrogen-bond donors (Lipinski definition) is 1. The molecule has 16 heavy (non-hydrogen) atoms. The minimum Gasteiger partial charge on any atom is -0.478 e. The van der Waals surface area contributed by atoms with Gasteiger partial charge in [0, 0.05) is 23.1 Å². The topological polar surface area (TPSA) is 40.5 Å². The average Bonchev–Trinajstić information content (AvgIpc) is 2.16. The Hall–Kier alpha value is -1.13. The lowest BCUT2D eigenvalue weighted by Crippen LogP contribution is -2.23. The van der Waals surface area contributed by atoms with Crippen molar-refractivity contribution >= 4 is 21.9 Å². The Bertz CT molecular complexity index is 404. The zero-order valence-electron chi connectivity index (χ0n) is 9.11. The highest BCUT2D eigenvalue weighted by atomic mass is 79.9. The van der Waals surface area contributed by atoms with E-state index in [0.717, 1.165) is 10.0 Å². The highest BCUT2D eigenvalue weighted by Crippen LogP contribution is 2.13. The smallest absolute Gasteiger partial charge is 0.332 e. The number of likely N-dealkylation sites (N-methyl/N-ethyl adjacent to an activating group) is 1. The second-order valence-corrected chi connectivity index (χ2v) is 4.63. The van der Waals surface area contributed by atoms with Crippen molar-refractivity contribution in [1.29, 1.82) is 0 Å². The molecule has 3 nitrogen and oxygen atoms in total. The molecule has 0 amide bonds. The van der Waals surface area contributed by atoms with Crippen molar-refractivity contribution in [2.45, 2.75) is 6.54 Å². The summed E-state index contributed by atoms with van der Waals surface area (Å²) in [6.07, 6.45) is 0. The monoisotopic (exact) mass is 283 g/mol. The van der Waals surface area contributed by atoms with Crippen LogP contribution in [0.1, 0.15) is 5.56 Å². The predicted molar refractivity (Wildman–Crippen MR) is 67.3 cm³/mol. The summed E-state index contributed by atoms with van der Waals surface area (Å²) in [4.78, 5) is 12.5. The van der Waals surface area contributed by atoms with E-state index < -0.39 is 5.97 Å². The summed E-state index contributed by atoms with van der Waals surface area (Å²) in [5.74, 6) is -0.943. The number of benzene rings is 1. The van der Waals surface area contributed by atoms with Crippen molar-refractivity contribution < 1.29 is 9.90 Å². The summed E-state index contributed by atoms with van der Waals surface area (Å²) >= 11 is 3.40. The fourth-order valence-corrected chi connectivity index (χ4v) is 1.84. The second-order valence-electron chi connectivity index (χ2n) is 3.71. The number of aliphatic carboxylic acids is 1. The van der Waals surface area contributed by atoms with E-state index in [9.17, 15) is 4.79 Å². The van der Waals surface area contributed by atoms with E-state index in [2.05, 4.69) is 22.5 Å². The molecule has 0 saturated carbocycles. The fourth-order valence-electron chi connectivity index (χ4n) is 1.40. The molecular formula is C12H14BrNO2. The van der Waals surface area contributed by atoms with Crippen LogP contribution in [0.3, 0.4) is 0 Å². The van der Waals surface area contributed by atoms with Gasteiger partial charge in [-0.1, -0.05) is 34.6 Å². The van der Waals surface area contributed by atoms with Crippen molar-refractivity contribution in [2.75, 3.05) is 13.6 Å². The Morgan fingerprint density at radius 1 is 1.56 bits per heavy atom. The molecule has 0 unspecified atom stereocenters. The molecule has 1 aromatic rings. The first kappa shape index (κ1) is 12.9. The lowest BCUT2D eigenvalue weighted by atomic mass is 10.2. The molecule has 0 heterocycles. The van der Waals surface area contributed by atoms with Crippen LogP contribution >= 0.6 is 15.9 Å². The summed E-state index contributed by atoms with van der Waals surface area (Å²) in [5, 5.41) is 8.71. The molecule has 0 fully saturated rings. The molecule has 4 heteroatoms. The van der Waals surface area contributed by atoms with Gasteiger partial charge in [0.1, 0.15) is 0 Å². The third-order valence-corrected chi connectivity index (χ3v) is 2.60. The molecular weight excluding hydrogens is 270 g/mol. The largest absolute Gasteiger partial charge is 0.478 e. The number of carboxylic acid groups (broad SMARTS) is 1. The maximum absolute atomic E-state index is 10.6. The zero-order chi connectivity index (χ0) is 12.1. The highest BCUT2D eigenvalue weighted by Gasteiger charge is 2.08. The number of hydrogen-bond acceptors (Lipinski definition) is 2. The minimum atomic E-state index is -0.943. The quantitative estimate of drug-likeness (QED) is 0.845. The van der Waals surface area contributed by atoms with Crippen LogP contribution in [0.5, 0.6) is 0 Å². The Balaban J connectivity index is 2.55. The number of halogens is 1. The van der Waals surface area contributed by atoms with E-state index in [0.29, 0.717) is 13.1 Å². The summed E-state index contributed by atoms with van der Waals surface area (Å²) < 4.78 is 1.02. The maximum Gasteiger partial charge on any atom is 0.332 e. The zero-order valence-corrected chi connectivity index (χ0v) is 10.7. The van der Waals surface area contributed by atoms with Crippen LogP contribution in [-0.4, -0.2) is 29.6 Å². The van der Waals surface area contributed by atoms with Crippen molar-refractivity contribution in [3.05, 3.63) is 46.5 Å². The van der Waals surface area contributed by atoms with Gasteiger partial charge in [-0.15, -0.1) is 0 Å². The van der Waals surface area contributed by atoms with Gasteiger partial charge < -0.3 is 5.11 Å². The van der Waals surface area contributed by atoms with Crippen molar-refractivity contribution in [3.8, 4) is 0 Å². The van der Waals surface area contributed by atoms with E-state index >= 15 is 0 Å². The molecule has 0 saturated heterocycles. The van der Waals surface area contributed by atoms with Crippen molar-refractivity contribution in [2.24, 2.45) is 0 Å². The molecule has 0 spiro atoms. The number of carboxylic acids is 1. The van der Waals surface area contributed by atoms with Gasteiger partial charge in [-0.2, -0.15) is 0 Å². The van der Waals surface area contributed by atoms with Crippen LogP contribution in [0.15, 0.2) is 40.9 Å². The van der Waals surface area contributed by atoms with Gasteiger partial charge in [-0.05, 0) is 24.7 Å². The highest BCUT2D eigenvalue weighted by molar-refractivity contribution is 9.10. The van der Waals surface area contributed by atoms with Gasteiger partial charge in [0.05, 0.1) is 0 Å². The minimum absolute atomic E-state index is 0.206. The molecule has 0 aliphatic heterocycles. The molecule has 0 atom stereocenters. The van der Waals surface area contributed by atoms with Gasteiger partial charge in [0.15, 0.2) is 0 Å². The first-order chi connectivity index (χ1) is 7.49. The summed E-state index contributed by atoms with van der Waals surface area (Å²) in [7, 11) is 1.87. The van der Waals surface area contributed by atoms with E-state index in [-0.39, 0.29) is 5.57 Å². The first-order valence-corrected chi connectivity index (χ1v) is 5.62. The Labute approximate surface area is 104 Å². The molecule has 0 aliphatic carbocycles. The van der Waals surface area contributed by atoms with Crippen LogP contribution in [0.4, 0.5) is 0 Å². The standard InChI is InChI=1S/C12H14BrNO2/c1-9(12(15)16)7-14(2)8-10-4-3-5-11(13)6-10/h3-6H,1,7-8H2,2H3,(H,15,16). The van der Waals surface area contributed by atoms with E-state index in [1.54, 1.807) is 0 Å². The van der Waals surface area contributed by atoms with E-state index in [1.165, 1.54) is 0 Å². The molecule has 1 N–H and O–H groups in total. The number of carbonyl (C=O) groups is 1. The third kappa shape index (κ3) is 4.16. The van der Waals surface area contributed by atoms with Crippen molar-refractivity contribution in [3.63, 3.8) is 0 Å². The van der Waals surface area contributed by atoms with Crippen LogP contribution in [0.25, 0.3) is 0 Å². The predicted octanol–water partition coefficient (Wildman–Crippen LogP) is 2.52. The Morgan fingerprint density at radius 3 is 2.81 bits per heavy atom. The molecule has 0 bridgehead atoms. The molecule has 1 rings (SSSR count). The summed E-state index contributed by atoms with van der Waals surface area (Å²) in [5.41, 5.74) is 1.34. The molecule has 86 valence electrons. The van der Waals surface area contributed by atoms with Gasteiger partial charge in [-0.25, -0.2) is 4.79 Å². The molecule has 0 aliphatic rings. The number of rotatable bonds is 5. The second kappa shape index (κ2) is 5.82. The Kier molecular flexibility index (Phi) is 4.71. The summed E-state index contributed by atoms with van der Waals surface area (Å²) in [6.45, 7) is 4.57. The lowest BCUT2D eigenvalue weighted by Gasteiger charge is -2.16. The van der Waals surface area contributed by atoms with Gasteiger partial charge in [-0.3, -0.25) is 4.90 Å². The van der Waals surface area contributed by atoms with Gasteiger partial charge >= 0.3 is 5.97 Å². The third-order valence-electron chi connectivity index (χ3n) is 2.10. The van der Waals surface area contributed by atoms with Crippen LogP contribution in [0, 0.1) is 0 Å². The summed E-state index contributed by atoms with van der Waals surface area (Å²) in [6, 6.07) is 7.93. The van der Waals surface area contributed by atoms with E-state index in [1.807, 2.05) is 36.2 Å². The Morgan fingerprint density at radius 2 is 2.25 bits per heavy atom. The van der Waals surface area contributed by atoms with Crippen LogP contribution < -0.4 is 0 Å². The maximum atomic E-state index is 10.6. The van der Waals surface area contributed by atoms with Crippen molar-refractivity contribution in [1.82, 2.24) is 4.90 Å². The van der Waals surface area contributed by atoms with E-state index in [4.69, 9.17) is 5.11 Å². The SMILES string of the molecule is C=C(CN(C)Cc1cccc(Br)c1)C(=O)O. The number of nitrogens with zero attached hydrogens (tertiary/aromatic N) is 1. The first-order valence-electron chi connectivity index (χ1n) is 4.83. The normalized spacial score (nSPS) is 10.4. The van der Waals surface area contributed by atoms with Gasteiger partial charge in [0.2, 0.25) is 0 Å². The molecule has 0 aromatic heterocycles. The average molecular weight is 284 g/mol. The molecule has 0 radical (unpaired) electrons. The van der Waals surface area contributed by atoms with Crippen LogP contribution in [-0.2, 0) is 11.3 Å². The lowest BCUT2D eigenvalue weighted by molar-refractivity contribution is -0.132.